The fraction of sp³-hybridized carbons (Fsp3) is 0.364. The molecule has 0 radical (unpaired) electrons. The minimum Gasteiger partial charge on any atom is -1.00 e. The second kappa shape index (κ2) is 11.7. The zero-order chi connectivity index (χ0) is 17.8. The van der Waals surface area contributed by atoms with Gasteiger partial charge in [-0.05, 0) is 0 Å². The minimum absolute atomic E-state index is 0. The van der Waals surface area contributed by atoms with Crippen LogP contribution in [0, 0.1) is 6.92 Å². The number of hydrogen-bond donors (Lipinski definition) is 0. The molecule has 1 atom stereocenters. The van der Waals surface area contributed by atoms with Crippen molar-refractivity contribution in [2.45, 2.75) is 49.8 Å². The van der Waals surface area contributed by atoms with Crippen LogP contribution < -0.4 is 24.8 Å². The minimum atomic E-state index is -0.925. The average Bonchev–Trinajstić information content (AvgIpc) is 2.96. The summed E-state index contributed by atoms with van der Waals surface area (Å²) >= 11 is -0.867. The maximum Gasteiger partial charge on any atom is -1.00 e. The Balaban J connectivity index is 0.00000182. The van der Waals surface area contributed by atoms with Crippen LogP contribution >= 0.6 is 0 Å². The van der Waals surface area contributed by atoms with Crippen LogP contribution in [0.2, 0.25) is 13.1 Å². The Morgan fingerprint density at radius 1 is 1.04 bits per heavy atom. The van der Waals surface area contributed by atoms with Crippen molar-refractivity contribution in [1.82, 2.24) is 0 Å². The smallest absolute Gasteiger partial charge is 1.00 e. The Labute approximate surface area is 190 Å². The third kappa shape index (κ3) is 6.15. The third-order valence-corrected chi connectivity index (χ3v) is 12.1. The molecule has 1 nitrogen and oxygen atoms in total. The van der Waals surface area contributed by atoms with E-state index in [0.717, 1.165) is 0 Å². The molecule has 0 fully saturated rings. The monoisotopic (exact) mass is 496 g/mol. The van der Waals surface area contributed by atoms with E-state index in [1.54, 1.807) is 5.57 Å². The summed E-state index contributed by atoms with van der Waals surface area (Å²) < 4.78 is 6.94. The molecule has 5 heteroatoms. The van der Waals surface area contributed by atoms with E-state index >= 15 is 0 Å². The van der Waals surface area contributed by atoms with E-state index in [0.29, 0.717) is 3.63 Å². The molecule has 0 bridgehead atoms. The number of fused-ring (bicyclic) bond motifs is 1. The van der Waals surface area contributed by atoms with Crippen molar-refractivity contribution < 1.29 is 51.0 Å². The first-order chi connectivity index (χ1) is 12.1. The summed E-state index contributed by atoms with van der Waals surface area (Å²) in [4.78, 5) is 0. The first-order valence-corrected chi connectivity index (χ1v) is 14.6. The first kappa shape index (κ1) is 24.9. The molecular weight excluding hydrogens is 470 g/mol. The molecule has 0 amide bonds. The van der Waals surface area contributed by atoms with Gasteiger partial charge in [-0.15, -0.1) is 0 Å². The number of benzene rings is 2. The van der Waals surface area contributed by atoms with Gasteiger partial charge in [0.1, 0.15) is 0 Å². The van der Waals surface area contributed by atoms with Gasteiger partial charge >= 0.3 is 167 Å². The number of allylic oxidation sites excluding steroid dienone is 1. The topological polar surface area (TPSA) is 9.23 Å². The van der Waals surface area contributed by atoms with E-state index in [1.807, 2.05) is 0 Å². The Morgan fingerprint density at radius 2 is 1.74 bits per heavy atom. The van der Waals surface area contributed by atoms with Gasteiger partial charge in [0.15, 0.2) is 0 Å². The molecule has 1 aliphatic rings. The van der Waals surface area contributed by atoms with Crippen molar-refractivity contribution in [1.29, 1.82) is 0 Å². The number of rotatable bonds is 7. The zero-order valence-corrected chi connectivity index (χ0v) is 21.7. The van der Waals surface area contributed by atoms with Gasteiger partial charge in [0.2, 0.25) is 0 Å². The largest absolute Gasteiger partial charge is 1.00 e. The molecule has 144 valence electrons. The summed E-state index contributed by atoms with van der Waals surface area (Å²) in [6.07, 6.45) is 6.27. The fourth-order valence-corrected chi connectivity index (χ4v) is 8.67. The molecule has 0 N–H and O–H groups in total. The van der Waals surface area contributed by atoms with Gasteiger partial charge in [0, 0.05) is 0 Å². The fourth-order valence-electron chi connectivity index (χ4n) is 3.39. The molecule has 1 aliphatic carbocycles. The maximum atomic E-state index is 6.32. The second-order valence-electron chi connectivity index (χ2n) is 7.21. The molecule has 0 saturated heterocycles. The summed E-state index contributed by atoms with van der Waals surface area (Å²) in [5, 5.41) is 0. The second-order valence-corrected chi connectivity index (χ2v) is 13.3. The summed E-state index contributed by atoms with van der Waals surface area (Å²) in [5.41, 5.74) is 8.66. The van der Waals surface area contributed by atoms with Crippen molar-refractivity contribution in [2.75, 3.05) is 0 Å². The van der Waals surface area contributed by atoms with Crippen molar-refractivity contribution in [2.24, 2.45) is 0 Å². The van der Waals surface area contributed by atoms with Gasteiger partial charge in [-0.3, -0.25) is 0 Å². The van der Waals surface area contributed by atoms with Crippen molar-refractivity contribution in [3.63, 3.8) is 0 Å². The van der Waals surface area contributed by atoms with Crippen LogP contribution in [0.15, 0.2) is 48.0 Å². The summed E-state index contributed by atoms with van der Waals surface area (Å²) in [6, 6.07) is 15.8. The van der Waals surface area contributed by atoms with Crippen LogP contribution in [0.3, 0.4) is 0 Å². The van der Waals surface area contributed by atoms with Gasteiger partial charge < -0.3 is 24.8 Å². The van der Waals surface area contributed by atoms with E-state index in [4.69, 9.17) is 2.50 Å². The van der Waals surface area contributed by atoms with Crippen LogP contribution in [-0.4, -0.2) is 9.04 Å². The summed E-state index contributed by atoms with van der Waals surface area (Å²) in [7, 11) is -0.925. The van der Waals surface area contributed by atoms with E-state index in [2.05, 4.69) is 75.5 Å². The van der Waals surface area contributed by atoms with Crippen LogP contribution in [0.25, 0.3) is 17.2 Å². The Hall–Kier alpha value is -0.180. The van der Waals surface area contributed by atoms with E-state index in [-0.39, 0.29) is 24.8 Å². The van der Waals surface area contributed by atoms with Crippen molar-refractivity contribution in [3.05, 3.63) is 64.7 Å². The number of aryl methyl sites for hydroxylation is 1. The van der Waals surface area contributed by atoms with Crippen molar-refractivity contribution in [3.8, 4) is 11.1 Å². The molecule has 0 aliphatic heterocycles. The summed E-state index contributed by atoms with van der Waals surface area (Å²) in [5.74, 6) is 0. The number of hydrogen-bond acceptors (Lipinski definition) is 1. The maximum absolute atomic E-state index is 6.32. The molecule has 0 spiro atoms. The molecule has 3 rings (SSSR count). The molecule has 0 heterocycles. The molecule has 0 saturated carbocycles. The first-order valence-electron chi connectivity index (χ1n) is 9.41. The van der Waals surface area contributed by atoms with Crippen LogP contribution in [0.4, 0.5) is 0 Å². The summed E-state index contributed by atoms with van der Waals surface area (Å²) in [6.45, 7) is 9.04. The number of unbranched alkanes of at least 4 members (excludes halogenated alkanes) is 1. The Morgan fingerprint density at radius 3 is 2.37 bits per heavy atom. The van der Waals surface area contributed by atoms with Crippen LogP contribution in [0.1, 0.15) is 46.5 Å². The zero-order valence-electron chi connectivity index (χ0n) is 16.6. The van der Waals surface area contributed by atoms with Gasteiger partial charge in [-0.2, -0.15) is 0 Å². The third-order valence-electron chi connectivity index (χ3n) is 4.75. The predicted molar refractivity (Wildman–Crippen MR) is 107 cm³/mol. The van der Waals surface area contributed by atoms with Crippen molar-refractivity contribution >= 4 is 15.1 Å². The molecule has 2 aromatic rings. The molecule has 27 heavy (non-hydrogen) atoms. The average molecular weight is 499 g/mol. The predicted octanol–water partition coefficient (Wildman–Crippen LogP) is 0.296. The van der Waals surface area contributed by atoms with Gasteiger partial charge in [0.05, 0.1) is 0 Å². The SMILES string of the molecule is CCCCC1=Cc2c(-c3ccc(C)cc3)cccc2[CH]1[Zr+2][O][SiH](C)C.[Cl-].[Cl-]. The molecule has 1 unspecified atom stereocenters. The quantitative estimate of drug-likeness (QED) is 0.499. The van der Waals surface area contributed by atoms with E-state index in [1.165, 1.54) is 47.1 Å². The van der Waals surface area contributed by atoms with Crippen LogP contribution in [-0.2, 0) is 26.2 Å². The normalized spacial score (nSPS) is 14.7. The van der Waals surface area contributed by atoms with Gasteiger partial charge in [-0.1, -0.05) is 0 Å². The van der Waals surface area contributed by atoms with Gasteiger partial charge in [0.25, 0.3) is 0 Å². The molecule has 0 aromatic heterocycles. The Kier molecular flexibility index (Phi) is 10.8. The van der Waals surface area contributed by atoms with E-state index in [9.17, 15) is 0 Å². The standard InChI is InChI=1S/C20H21.C2H7OSi.2ClH.Zr/c1-3-4-6-16-13-18-7-5-8-19(20(18)14-16)17-11-9-15(2)10-12-17;1-4(2)3;;;/h5,7-14H,3-4,6H2,1-2H3;4H,1-2H3;2*1H;/q;-1;;;+3/p-2. The number of halogens is 2. The molecule has 2 aromatic carbocycles. The Bertz CT molecular complexity index is 759. The van der Waals surface area contributed by atoms with E-state index < -0.39 is 32.7 Å². The van der Waals surface area contributed by atoms with Crippen LogP contribution in [0.5, 0.6) is 0 Å². The van der Waals surface area contributed by atoms with Gasteiger partial charge in [-0.25, -0.2) is 0 Å². The molecular formula is C22H28Cl2OSiZr.